The first-order chi connectivity index (χ1) is 8.25. The van der Waals surface area contributed by atoms with Gasteiger partial charge in [0.05, 0.1) is 26.4 Å². The van der Waals surface area contributed by atoms with Gasteiger partial charge in [0.1, 0.15) is 0 Å². The van der Waals surface area contributed by atoms with Crippen LogP contribution < -0.4 is 0 Å². The van der Waals surface area contributed by atoms with E-state index in [0.717, 1.165) is 26.1 Å². The molecule has 2 nitrogen and oxygen atoms in total. The quantitative estimate of drug-likeness (QED) is 0.475. The maximum Gasteiger partial charge on any atom is 0.0645 e. The first-order valence-electron chi connectivity index (χ1n) is 6.27. The van der Waals surface area contributed by atoms with E-state index in [9.17, 15) is 0 Å². The number of hydrogen-bond donors (Lipinski definition) is 0. The lowest BCUT2D eigenvalue weighted by Gasteiger charge is -2.39. The van der Waals surface area contributed by atoms with E-state index in [0.29, 0.717) is 19.1 Å². The Labute approximate surface area is 105 Å². The van der Waals surface area contributed by atoms with E-state index in [-0.39, 0.29) is 5.41 Å². The molecule has 0 aliphatic heterocycles. The van der Waals surface area contributed by atoms with Crippen LogP contribution in [0.5, 0.6) is 0 Å². The van der Waals surface area contributed by atoms with Gasteiger partial charge in [-0.3, -0.25) is 0 Å². The second-order valence-electron chi connectivity index (χ2n) is 4.78. The van der Waals surface area contributed by atoms with Crippen molar-refractivity contribution in [3.8, 4) is 0 Å². The van der Waals surface area contributed by atoms with E-state index in [2.05, 4.69) is 32.2 Å². The first-order valence-corrected chi connectivity index (χ1v) is 6.27. The van der Waals surface area contributed by atoms with Crippen LogP contribution in [0.1, 0.15) is 19.8 Å². The van der Waals surface area contributed by atoms with Crippen LogP contribution >= 0.6 is 0 Å². The topological polar surface area (TPSA) is 18.5 Å². The van der Waals surface area contributed by atoms with Crippen molar-refractivity contribution in [1.82, 2.24) is 0 Å². The lowest BCUT2D eigenvalue weighted by Crippen LogP contribution is -2.39. The van der Waals surface area contributed by atoms with E-state index >= 15 is 0 Å². The molecule has 0 fully saturated rings. The van der Waals surface area contributed by atoms with Gasteiger partial charge in [-0.15, -0.1) is 13.2 Å². The van der Waals surface area contributed by atoms with Crippen LogP contribution in [0.4, 0.5) is 0 Å². The number of allylic oxidation sites excluding steroid dienone is 2. The van der Waals surface area contributed by atoms with Crippen LogP contribution in [-0.4, -0.2) is 26.4 Å². The maximum atomic E-state index is 5.67. The molecule has 2 heteroatoms. The average Bonchev–Trinajstić information content (AvgIpc) is 2.33. The molecular formula is C15H24O2. The summed E-state index contributed by atoms with van der Waals surface area (Å²) in [5.74, 6) is 0.585. The zero-order valence-electron chi connectivity index (χ0n) is 10.9. The molecule has 0 amide bonds. The molecule has 1 aliphatic rings. The van der Waals surface area contributed by atoms with Gasteiger partial charge in [0.15, 0.2) is 0 Å². The molecule has 0 aromatic heterocycles. The van der Waals surface area contributed by atoms with Crippen molar-refractivity contribution in [2.45, 2.75) is 19.8 Å². The number of rotatable bonds is 8. The van der Waals surface area contributed by atoms with Crippen LogP contribution in [-0.2, 0) is 9.47 Å². The van der Waals surface area contributed by atoms with Crippen LogP contribution in [0.3, 0.4) is 0 Å². The fourth-order valence-electron chi connectivity index (χ4n) is 2.20. The Morgan fingerprint density at radius 1 is 1.18 bits per heavy atom. The normalized spacial score (nSPS) is 22.3. The van der Waals surface area contributed by atoms with Crippen molar-refractivity contribution in [2.75, 3.05) is 26.4 Å². The van der Waals surface area contributed by atoms with Crippen molar-refractivity contribution >= 4 is 0 Å². The van der Waals surface area contributed by atoms with Crippen LogP contribution in [0.2, 0.25) is 0 Å². The largest absolute Gasteiger partial charge is 0.377 e. The molecule has 1 aliphatic carbocycles. The first kappa shape index (κ1) is 14.2. The van der Waals surface area contributed by atoms with Gasteiger partial charge in [-0.05, 0) is 18.8 Å². The molecule has 0 heterocycles. The summed E-state index contributed by atoms with van der Waals surface area (Å²) < 4.78 is 11.3. The van der Waals surface area contributed by atoms with Gasteiger partial charge < -0.3 is 9.47 Å². The molecule has 17 heavy (non-hydrogen) atoms. The van der Waals surface area contributed by atoms with E-state index in [1.54, 1.807) is 12.2 Å². The van der Waals surface area contributed by atoms with Crippen molar-refractivity contribution in [2.24, 2.45) is 11.3 Å². The van der Waals surface area contributed by atoms with E-state index < -0.39 is 0 Å². The Morgan fingerprint density at radius 3 is 2.24 bits per heavy atom. The highest BCUT2D eigenvalue weighted by Gasteiger charge is 2.37. The molecule has 0 saturated carbocycles. The highest BCUT2D eigenvalue weighted by atomic mass is 16.5. The third-order valence-corrected chi connectivity index (χ3v) is 3.48. The second-order valence-corrected chi connectivity index (χ2v) is 4.78. The Bertz CT molecular complexity index is 254. The van der Waals surface area contributed by atoms with Gasteiger partial charge in [0.2, 0.25) is 0 Å². The SMILES string of the molecule is C=CCOCC1(COCC=C)CC=CCC1C. The summed E-state index contributed by atoms with van der Waals surface area (Å²) in [6, 6.07) is 0. The van der Waals surface area contributed by atoms with Gasteiger partial charge in [-0.2, -0.15) is 0 Å². The van der Waals surface area contributed by atoms with Gasteiger partial charge in [0, 0.05) is 5.41 Å². The molecule has 1 unspecified atom stereocenters. The van der Waals surface area contributed by atoms with Crippen LogP contribution in [0, 0.1) is 11.3 Å². The lowest BCUT2D eigenvalue weighted by molar-refractivity contribution is -0.0414. The molecule has 0 radical (unpaired) electrons. The fraction of sp³-hybridized carbons (Fsp3) is 0.600. The zero-order chi connectivity index (χ0) is 12.6. The van der Waals surface area contributed by atoms with Crippen molar-refractivity contribution in [3.63, 3.8) is 0 Å². The smallest absolute Gasteiger partial charge is 0.0645 e. The third kappa shape index (κ3) is 4.14. The Balaban J connectivity index is 2.58. The summed E-state index contributed by atoms with van der Waals surface area (Å²) in [5.41, 5.74) is 0.112. The summed E-state index contributed by atoms with van der Waals surface area (Å²) in [5, 5.41) is 0. The summed E-state index contributed by atoms with van der Waals surface area (Å²) in [6.45, 7) is 12.3. The second kappa shape index (κ2) is 7.46. The summed E-state index contributed by atoms with van der Waals surface area (Å²) >= 11 is 0. The summed E-state index contributed by atoms with van der Waals surface area (Å²) in [7, 11) is 0. The van der Waals surface area contributed by atoms with Crippen LogP contribution in [0.25, 0.3) is 0 Å². The van der Waals surface area contributed by atoms with Crippen molar-refractivity contribution < 1.29 is 9.47 Å². The van der Waals surface area contributed by atoms with E-state index in [1.165, 1.54) is 0 Å². The van der Waals surface area contributed by atoms with Gasteiger partial charge in [-0.1, -0.05) is 31.2 Å². The molecule has 0 saturated heterocycles. The average molecular weight is 236 g/mol. The molecule has 0 aromatic carbocycles. The van der Waals surface area contributed by atoms with Gasteiger partial charge in [0.25, 0.3) is 0 Å². The lowest BCUT2D eigenvalue weighted by atomic mass is 9.70. The third-order valence-electron chi connectivity index (χ3n) is 3.48. The van der Waals surface area contributed by atoms with E-state index in [1.807, 2.05) is 0 Å². The zero-order valence-corrected chi connectivity index (χ0v) is 10.9. The molecule has 1 atom stereocenters. The maximum absolute atomic E-state index is 5.67. The molecule has 0 N–H and O–H groups in total. The molecule has 0 spiro atoms. The molecular weight excluding hydrogens is 212 g/mol. The van der Waals surface area contributed by atoms with Gasteiger partial charge >= 0.3 is 0 Å². The molecule has 0 bridgehead atoms. The van der Waals surface area contributed by atoms with Crippen molar-refractivity contribution in [1.29, 1.82) is 0 Å². The monoisotopic (exact) mass is 236 g/mol. The Morgan fingerprint density at radius 2 is 1.76 bits per heavy atom. The number of hydrogen-bond acceptors (Lipinski definition) is 2. The Kier molecular flexibility index (Phi) is 6.23. The fourth-order valence-corrected chi connectivity index (χ4v) is 2.20. The predicted octanol–water partition coefficient (Wildman–Crippen LogP) is 3.36. The standard InChI is InChI=1S/C15H24O2/c1-4-10-16-12-15(13-17-11-5-2)9-7-6-8-14(15)3/h4-7,14H,1-2,8-13H2,3H3. The van der Waals surface area contributed by atoms with Gasteiger partial charge in [-0.25, -0.2) is 0 Å². The summed E-state index contributed by atoms with van der Waals surface area (Å²) in [4.78, 5) is 0. The summed E-state index contributed by atoms with van der Waals surface area (Å²) in [6.07, 6.45) is 10.2. The minimum atomic E-state index is 0.112. The van der Waals surface area contributed by atoms with Crippen molar-refractivity contribution in [3.05, 3.63) is 37.5 Å². The van der Waals surface area contributed by atoms with E-state index in [4.69, 9.17) is 9.47 Å². The predicted molar refractivity (Wildman–Crippen MR) is 72.0 cm³/mol. The number of ether oxygens (including phenoxy) is 2. The molecule has 96 valence electrons. The van der Waals surface area contributed by atoms with Crippen LogP contribution in [0.15, 0.2) is 37.5 Å². The Hall–Kier alpha value is -0.860. The minimum Gasteiger partial charge on any atom is -0.377 e. The molecule has 0 aromatic rings. The highest BCUT2D eigenvalue weighted by Crippen LogP contribution is 2.38. The minimum absolute atomic E-state index is 0.112. The highest BCUT2D eigenvalue weighted by molar-refractivity contribution is 5.01. The molecule has 1 rings (SSSR count).